The molecule has 0 amide bonds. The van der Waals surface area contributed by atoms with Crippen LogP contribution in [0.4, 0.5) is 0 Å². The first kappa shape index (κ1) is 9.72. The highest BCUT2D eigenvalue weighted by molar-refractivity contribution is 6.05. The second-order valence-corrected chi connectivity index (χ2v) is 3.09. The quantitative estimate of drug-likeness (QED) is 0.506. The summed E-state index contributed by atoms with van der Waals surface area (Å²) in [6, 6.07) is 7.99. The average molecular weight is 174 g/mol. The number of rotatable bonds is 4. The highest BCUT2D eigenvalue weighted by Crippen LogP contribution is 2.12. The first-order valence-corrected chi connectivity index (χ1v) is 4.51. The predicted molar refractivity (Wildman–Crippen MR) is 55.5 cm³/mol. The Morgan fingerprint density at radius 3 is 2.46 bits per heavy atom. The van der Waals surface area contributed by atoms with E-state index in [-0.39, 0.29) is 0 Å². The highest BCUT2D eigenvalue weighted by Gasteiger charge is 1.96. The summed E-state index contributed by atoms with van der Waals surface area (Å²) in [5.41, 5.74) is 2.77. The molecule has 0 unspecified atom stereocenters. The molecule has 1 aromatic carbocycles. The van der Waals surface area contributed by atoms with Crippen molar-refractivity contribution in [2.75, 3.05) is 0 Å². The number of aryl methyl sites for hydroxylation is 1. The second-order valence-electron chi connectivity index (χ2n) is 3.09. The van der Waals surface area contributed by atoms with Crippen LogP contribution in [-0.2, 0) is 11.2 Å². The maximum absolute atomic E-state index is 10.4. The van der Waals surface area contributed by atoms with Crippen LogP contribution < -0.4 is 0 Å². The summed E-state index contributed by atoms with van der Waals surface area (Å²) < 4.78 is 0. The Hall–Kier alpha value is -1.37. The van der Waals surface area contributed by atoms with Gasteiger partial charge in [0, 0.05) is 5.57 Å². The highest BCUT2D eigenvalue weighted by atomic mass is 16.1. The lowest BCUT2D eigenvalue weighted by molar-refractivity contribution is -0.103. The van der Waals surface area contributed by atoms with E-state index in [1.54, 1.807) is 0 Å². The van der Waals surface area contributed by atoms with Crippen molar-refractivity contribution < 1.29 is 4.79 Å². The molecule has 0 saturated heterocycles. The third-order valence-corrected chi connectivity index (χ3v) is 2.01. The summed E-state index contributed by atoms with van der Waals surface area (Å²) in [6.07, 6.45) is 3.02. The van der Waals surface area contributed by atoms with E-state index >= 15 is 0 Å². The van der Waals surface area contributed by atoms with E-state index < -0.39 is 0 Å². The van der Waals surface area contributed by atoms with Gasteiger partial charge in [0.2, 0.25) is 0 Å². The Kier molecular flexibility index (Phi) is 3.44. The van der Waals surface area contributed by atoms with Crippen LogP contribution in [0.15, 0.2) is 30.8 Å². The molecule has 13 heavy (non-hydrogen) atoms. The topological polar surface area (TPSA) is 17.1 Å². The number of carbonyl (C=O) groups excluding carboxylic acids is 1. The van der Waals surface area contributed by atoms with Gasteiger partial charge in [0.05, 0.1) is 0 Å². The molecule has 68 valence electrons. The molecular formula is C12H14O. The van der Waals surface area contributed by atoms with Gasteiger partial charge in [-0.15, -0.1) is 0 Å². The fourth-order valence-corrected chi connectivity index (χ4v) is 1.24. The van der Waals surface area contributed by atoms with Crippen molar-refractivity contribution in [1.29, 1.82) is 0 Å². The summed E-state index contributed by atoms with van der Waals surface area (Å²) in [5, 5.41) is 0. The van der Waals surface area contributed by atoms with Crippen molar-refractivity contribution >= 4 is 11.9 Å². The summed E-state index contributed by atoms with van der Waals surface area (Å²) in [6.45, 7) is 5.80. The van der Waals surface area contributed by atoms with Gasteiger partial charge in [0.25, 0.3) is 0 Å². The Morgan fingerprint density at radius 2 is 2.00 bits per heavy atom. The van der Waals surface area contributed by atoms with Gasteiger partial charge in [0.15, 0.2) is 0 Å². The molecular weight excluding hydrogens is 160 g/mol. The smallest absolute Gasteiger partial charge is 0.150 e. The molecule has 0 atom stereocenters. The van der Waals surface area contributed by atoms with Crippen molar-refractivity contribution in [1.82, 2.24) is 0 Å². The van der Waals surface area contributed by atoms with Crippen LogP contribution in [0.1, 0.15) is 24.5 Å². The van der Waals surface area contributed by atoms with Gasteiger partial charge < -0.3 is 0 Å². The molecule has 1 nitrogen and oxygen atoms in total. The van der Waals surface area contributed by atoms with Gasteiger partial charge in [-0.05, 0) is 17.5 Å². The predicted octanol–water partition coefficient (Wildman–Crippen LogP) is 2.85. The summed E-state index contributed by atoms with van der Waals surface area (Å²) in [5.74, 6) is 0. The van der Waals surface area contributed by atoms with Crippen LogP contribution in [-0.4, -0.2) is 6.29 Å². The molecule has 0 heterocycles. The van der Waals surface area contributed by atoms with Gasteiger partial charge in [-0.25, -0.2) is 0 Å². The van der Waals surface area contributed by atoms with Gasteiger partial charge in [-0.1, -0.05) is 44.2 Å². The van der Waals surface area contributed by atoms with Crippen molar-refractivity contribution in [3.05, 3.63) is 42.0 Å². The minimum absolute atomic E-state index is 0.544. The molecule has 0 radical (unpaired) electrons. The molecule has 0 aliphatic carbocycles. The van der Waals surface area contributed by atoms with Crippen molar-refractivity contribution in [3.8, 4) is 0 Å². The molecule has 0 bridgehead atoms. The van der Waals surface area contributed by atoms with E-state index in [2.05, 4.69) is 13.5 Å². The second kappa shape index (κ2) is 4.61. The Balaban J connectivity index is 2.80. The molecule has 1 aromatic rings. The van der Waals surface area contributed by atoms with Gasteiger partial charge in [0.1, 0.15) is 6.29 Å². The van der Waals surface area contributed by atoms with Crippen molar-refractivity contribution in [2.45, 2.75) is 19.8 Å². The first-order valence-electron chi connectivity index (χ1n) is 4.51. The third-order valence-electron chi connectivity index (χ3n) is 2.01. The SMILES string of the molecule is C=C(C=O)c1ccc(CCC)cc1. The number of carbonyl (C=O) groups is 1. The van der Waals surface area contributed by atoms with Crippen LogP contribution in [0.3, 0.4) is 0 Å². The Bertz CT molecular complexity index is 295. The molecule has 0 saturated carbocycles. The number of allylic oxidation sites excluding steroid dienone is 1. The molecule has 1 rings (SSSR count). The minimum Gasteiger partial charge on any atom is -0.298 e. The summed E-state index contributed by atoms with van der Waals surface area (Å²) in [4.78, 5) is 10.4. The van der Waals surface area contributed by atoms with Crippen molar-refractivity contribution in [2.24, 2.45) is 0 Å². The molecule has 0 spiro atoms. The zero-order valence-corrected chi connectivity index (χ0v) is 7.92. The van der Waals surface area contributed by atoms with Crippen molar-refractivity contribution in [3.63, 3.8) is 0 Å². The number of aldehydes is 1. The van der Waals surface area contributed by atoms with E-state index in [4.69, 9.17) is 0 Å². The van der Waals surface area contributed by atoms with E-state index in [1.165, 1.54) is 5.56 Å². The number of hydrogen-bond acceptors (Lipinski definition) is 1. The lowest BCUT2D eigenvalue weighted by Crippen LogP contribution is -1.86. The maximum atomic E-state index is 10.4. The van der Waals surface area contributed by atoms with Crippen LogP contribution in [0.25, 0.3) is 5.57 Å². The van der Waals surface area contributed by atoms with E-state index in [0.29, 0.717) is 5.57 Å². The largest absolute Gasteiger partial charge is 0.298 e. The van der Waals surface area contributed by atoms with Crippen LogP contribution in [0.5, 0.6) is 0 Å². The van der Waals surface area contributed by atoms with Crippen LogP contribution in [0, 0.1) is 0 Å². The lowest BCUT2D eigenvalue weighted by atomic mass is 10.0. The zero-order valence-electron chi connectivity index (χ0n) is 7.92. The van der Waals surface area contributed by atoms with E-state index in [9.17, 15) is 4.79 Å². The lowest BCUT2D eigenvalue weighted by Gasteiger charge is -2.01. The van der Waals surface area contributed by atoms with Crippen LogP contribution >= 0.6 is 0 Å². The third kappa shape index (κ3) is 2.55. The fraction of sp³-hybridized carbons (Fsp3) is 0.250. The molecule has 0 fully saturated rings. The molecule has 0 N–H and O–H groups in total. The van der Waals surface area contributed by atoms with E-state index in [1.807, 2.05) is 24.3 Å². The minimum atomic E-state index is 0.544. The van der Waals surface area contributed by atoms with Gasteiger partial charge >= 0.3 is 0 Å². The summed E-state index contributed by atoms with van der Waals surface area (Å²) >= 11 is 0. The molecule has 0 aliphatic heterocycles. The maximum Gasteiger partial charge on any atom is 0.150 e. The molecule has 1 heteroatoms. The Labute approximate surface area is 79.1 Å². The van der Waals surface area contributed by atoms with Gasteiger partial charge in [-0.2, -0.15) is 0 Å². The number of hydrogen-bond donors (Lipinski definition) is 0. The normalized spacial score (nSPS) is 9.62. The van der Waals surface area contributed by atoms with Gasteiger partial charge in [-0.3, -0.25) is 4.79 Å². The zero-order chi connectivity index (χ0) is 9.68. The monoisotopic (exact) mass is 174 g/mol. The van der Waals surface area contributed by atoms with E-state index in [0.717, 1.165) is 24.7 Å². The summed E-state index contributed by atoms with van der Waals surface area (Å²) in [7, 11) is 0. The fourth-order valence-electron chi connectivity index (χ4n) is 1.24. The molecule has 0 aliphatic rings. The standard InChI is InChI=1S/C12H14O/c1-3-4-11-5-7-12(8-6-11)10(2)9-13/h5-9H,2-4H2,1H3. The molecule has 0 aromatic heterocycles. The first-order chi connectivity index (χ1) is 6.27. The average Bonchev–Trinajstić information content (AvgIpc) is 2.18. The van der Waals surface area contributed by atoms with Crippen LogP contribution in [0.2, 0.25) is 0 Å². The number of benzene rings is 1. The Morgan fingerprint density at radius 1 is 1.38 bits per heavy atom.